The molecular weight excluding hydrogens is 338 g/mol. The monoisotopic (exact) mass is 347 g/mol. The Kier molecular flexibility index (Phi) is 3.52. The third-order valence-corrected chi connectivity index (χ3v) is 3.98. The first-order valence-corrected chi connectivity index (χ1v) is 7.65. The van der Waals surface area contributed by atoms with Gasteiger partial charge in [-0.2, -0.15) is 5.26 Å². The fourth-order valence-corrected chi connectivity index (χ4v) is 2.74. The van der Waals surface area contributed by atoms with Crippen molar-refractivity contribution in [2.75, 3.05) is 5.73 Å². The Labute approximate surface area is 147 Å². The lowest BCUT2D eigenvalue weighted by molar-refractivity contribution is 1.19. The number of aromatic nitrogens is 5. The summed E-state index contributed by atoms with van der Waals surface area (Å²) in [5, 5.41) is 8.99. The lowest BCUT2D eigenvalue weighted by Crippen LogP contribution is -1.96. The van der Waals surface area contributed by atoms with Gasteiger partial charge in [-0.3, -0.25) is 0 Å². The van der Waals surface area contributed by atoms with E-state index in [1.165, 1.54) is 4.09 Å². The molecule has 4 heterocycles. The van der Waals surface area contributed by atoms with Crippen LogP contribution >= 0.6 is 11.8 Å². The van der Waals surface area contributed by atoms with E-state index in [1.807, 2.05) is 6.07 Å². The van der Waals surface area contributed by atoms with Gasteiger partial charge in [-0.1, -0.05) is 6.07 Å². The minimum absolute atomic E-state index is 0.322. The third-order valence-electron chi connectivity index (χ3n) is 3.66. The van der Waals surface area contributed by atoms with Crippen LogP contribution in [0.15, 0.2) is 48.7 Å². The average Bonchev–Trinajstić information content (AvgIpc) is 2.98. The van der Waals surface area contributed by atoms with E-state index in [0.717, 1.165) is 0 Å². The van der Waals surface area contributed by atoms with Crippen LogP contribution in [0, 0.1) is 11.3 Å². The van der Waals surface area contributed by atoms with Gasteiger partial charge >= 0.3 is 0 Å². The lowest BCUT2D eigenvalue weighted by atomic mass is 10.2. The number of rotatable bonds is 2. The van der Waals surface area contributed by atoms with Gasteiger partial charge in [0.25, 0.3) is 0 Å². The van der Waals surface area contributed by atoms with Gasteiger partial charge in [0.15, 0.2) is 11.5 Å². The molecular formula is C17H10ClN7. The molecule has 0 aliphatic heterocycles. The van der Waals surface area contributed by atoms with Crippen molar-refractivity contribution in [3.63, 3.8) is 0 Å². The first-order valence-electron chi connectivity index (χ1n) is 7.31. The Bertz CT molecular complexity index is 1140. The summed E-state index contributed by atoms with van der Waals surface area (Å²) in [4.78, 5) is 17.3. The minimum atomic E-state index is 0.322. The zero-order valence-electron chi connectivity index (χ0n) is 12.8. The van der Waals surface area contributed by atoms with E-state index in [0.29, 0.717) is 45.5 Å². The average molecular weight is 348 g/mol. The van der Waals surface area contributed by atoms with Crippen LogP contribution in [0.4, 0.5) is 5.82 Å². The molecule has 0 aromatic carbocycles. The Hall–Kier alpha value is -3.50. The maximum atomic E-state index is 8.99. The number of nitrogen functional groups attached to an aromatic ring is 1. The quantitative estimate of drug-likeness (QED) is 0.597. The second-order valence-electron chi connectivity index (χ2n) is 5.21. The predicted octanol–water partition coefficient (Wildman–Crippen LogP) is 3.01. The molecule has 0 fully saturated rings. The molecule has 25 heavy (non-hydrogen) atoms. The molecule has 0 bridgehead atoms. The number of nitrogens with zero attached hydrogens (tertiary/aromatic N) is 6. The van der Waals surface area contributed by atoms with E-state index in [2.05, 4.69) is 19.9 Å². The highest BCUT2D eigenvalue weighted by atomic mass is 35.5. The lowest BCUT2D eigenvalue weighted by Gasteiger charge is -2.03. The van der Waals surface area contributed by atoms with Gasteiger partial charge in [-0.15, -0.1) is 0 Å². The van der Waals surface area contributed by atoms with E-state index in [4.69, 9.17) is 22.8 Å². The van der Waals surface area contributed by atoms with Crippen molar-refractivity contribution in [2.45, 2.75) is 0 Å². The SMILES string of the molecule is N#Cc1cccc(-c2ccc3nc(-c4cccnc4N)n(Cl)c3n2)n1. The van der Waals surface area contributed by atoms with Gasteiger partial charge in [0.05, 0.1) is 17.0 Å². The zero-order valence-corrected chi connectivity index (χ0v) is 13.5. The van der Waals surface area contributed by atoms with Gasteiger partial charge in [-0.05, 0) is 36.4 Å². The number of nitrogens with two attached hydrogens (primary N) is 1. The molecule has 4 aromatic rings. The van der Waals surface area contributed by atoms with Gasteiger partial charge in [-0.25, -0.2) is 24.0 Å². The fraction of sp³-hybridized carbons (Fsp3) is 0. The van der Waals surface area contributed by atoms with Crippen molar-refractivity contribution in [1.29, 1.82) is 5.26 Å². The molecule has 120 valence electrons. The predicted molar refractivity (Wildman–Crippen MR) is 94.4 cm³/mol. The minimum Gasteiger partial charge on any atom is -0.383 e. The number of hydrogen-bond acceptors (Lipinski definition) is 6. The molecule has 7 nitrogen and oxygen atoms in total. The standard InChI is InChI=1S/C17H10ClN7/c18-25-16(11-4-2-8-21-15(11)20)24-14-7-6-13(23-17(14)25)12-5-1-3-10(9-19)22-12/h1-8H,(H2,20,21). The van der Waals surface area contributed by atoms with Crippen LogP contribution in [0.3, 0.4) is 0 Å². The number of nitriles is 1. The Balaban J connectivity index is 1.88. The molecule has 0 spiro atoms. The molecule has 0 unspecified atom stereocenters. The van der Waals surface area contributed by atoms with E-state index >= 15 is 0 Å². The molecule has 0 aliphatic carbocycles. The van der Waals surface area contributed by atoms with Gasteiger partial charge < -0.3 is 5.73 Å². The third kappa shape index (κ3) is 2.55. The van der Waals surface area contributed by atoms with E-state index in [9.17, 15) is 0 Å². The molecule has 0 saturated carbocycles. The van der Waals surface area contributed by atoms with Gasteiger partial charge in [0.2, 0.25) is 0 Å². The molecule has 4 aromatic heterocycles. The number of anilines is 1. The van der Waals surface area contributed by atoms with Crippen molar-refractivity contribution in [2.24, 2.45) is 0 Å². The molecule has 0 atom stereocenters. The largest absolute Gasteiger partial charge is 0.383 e. The van der Waals surface area contributed by atoms with Crippen LogP contribution in [-0.4, -0.2) is 24.0 Å². The molecule has 0 radical (unpaired) electrons. The van der Waals surface area contributed by atoms with Crippen LogP contribution < -0.4 is 5.73 Å². The summed E-state index contributed by atoms with van der Waals surface area (Å²) in [5.41, 5.74) is 9.13. The van der Waals surface area contributed by atoms with Crippen molar-refractivity contribution in [1.82, 2.24) is 24.0 Å². The number of hydrogen-bond donors (Lipinski definition) is 1. The number of halogens is 1. The van der Waals surface area contributed by atoms with Crippen LogP contribution in [0.5, 0.6) is 0 Å². The van der Waals surface area contributed by atoms with E-state index in [1.54, 1.807) is 48.7 Å². The van der Waals surface area contributed by atoms with Crippen molar-refractivity contribution in [3.05, 3.63) is 54.4 Å². The Morgan fingerprint density at radius 1 is 1.00 bits per heavy atom. The van der Waals surface area contributed by atoms with E-state index in [-0.39, 0.29) is 0 Å². The number of fused-ring (bicyclic) bond motifs is 1. The molecule has 2 N–H and O–H groups in total. The molecule has 0 amide bonds. The molecule has 0 aliphatic rings. The number of imidazole rings is 1. The zero-order chi connectivity index (χ0) is 17.4. The van der Waals surface area contributed by atoms with Crippen LogP contribution in [0.25, 0.3) is 33.9 Å². The molecule has 0 saturated heterocycles. The van der Waals surface area contributed by atoms with Crippen LogP contribution in [-0.2, 0) is 0 Å². The van der Waals surface area contributed by atoms with Gasteiger partial charge in [0.1, 0.15) is 23.1 Å². The first-order chi connectivity index (χ1) is 12.2. The maximum Gasteiger partial charge on any atom is 0.176 e. The fourth-order valence-electron chi connectivity index (χ4n) is 2.49. The Morgan fingerprint density at radius 3 is 2.64 bits per heavy atom. The number of pyridine rings is 3. The summed E-state index contributed by atoms with van der Waals surface area (Å²) in [6.45, 7) is 0. The molecule has 8 heteroatoms. The molecule has 4 rings (SSSR count). The second kappa shape index (κ2) is 5.85. The normalized spacial score (nSPS) is 10.7. The highest BCUT2D eigenvalue weighted by molar-refractivity contribution is 6.20. The van der Waals surface area contributed by atoms with Gasteiger partial charge in [0, 0.05) is 18.0 Å². The maximum absolute atomic E-state index is 8.99. The second-order valence-corrected chi connectivity index (χ2v) is 5.55. The first kappa shape index (κ1) is 15.1. The summed E-state index contributed by atoms with van der Waals surface area (Å²) >= 11 is 6.42. The Morgan fingerprint density at radius 2 is 1.84 bits per heavy atom. The summed E-state index contributed by atoms with van der Waals surface area (Å²) in [6.07, 6.45) is 1.60. The van der Waals surface area contributed by atoms with Crippen molar-refractivity contribution in [3.8, 4) is 28.8 Å². The summed E-state index contributed by atoms with van der Waals surface area (Å²) in [5.74, 6) is 0.800. The smallest absolute Gasteiger partial charge is 0.176 e. The summed E-state index contributed by atoms with van der Waals surface area (Å²) in [7, 11) is 0. The highest BCUT2D eigenvalue weighted by Gasteiger charge is 2.16. The van der Waals surface area contributed by atoms with E-state index < -0.39 is 0 Å². The van der Waals surface area contributed by atoms with Crippen LogP contribution in [0.1, 0.15) is 5.69 Å². The summed E-state index contributed by atoms with van der Waals surface area (Å²) in [6, 6.07) is 14.3. The van der Waals surface area contributed by atoms with Crippen molar-refractivity contribution < 1.29 is 0 Å². The van der Waals surface area contributed by atoms with Crippen molar-refractivity contribution >= 4 is 28.8 Å². The van der Waals surface area contributed by atoms with Crippen LogP contribution in [0.2, 0.25) is 0 Å². The highest BCUT2D eigenvalue weighted by Crippen LogP contribution is 2.29. The summed E-state index contributed by atoms with van der Waals surface area (Å²) < 4.78 is 1.35. The topological polar surface area (TPSA) is 106 Å².